The van der Waals surface area contributed by atoms with Gasteiger partial charge in [-0.2, -0.15) is 0 Å². The van der Waals surface area contributed by atoms with Gasteiger partial charge in [0.25, 0.3) is 0 Å². The number of carbonyl (C=O) groups excluding carboxylic acids is 1. The molecule has 3 N–H and O–H groups in total. The van der Waals surface area contributed by atoms with Gasteiger partial charge in [0, 0.05) is 17.6 Å². The molecule has 0 atom stereocenters. The van der Waals surface area contributed by atoms with E-state index in [2.05, 4.69) is 12.0 Å². The average molecular weight is 274 g/mol. The molecule has 0 bridgehead atoms. The third kappa shape index (κ3) is 3.07. The summed E-state index contributed by atoms with van der Waals surface area (Å²) in [5.74, 6) is 4.93. The van der Waals surface area contributed by atoms with Crippen LogP contribution in [0.4, 0.5) is 0 Å². The largest absolute Gasteiger partial charge is 0.450 e. The van der Waals surface area contributed by atoms with E-state index >= 15 is 0 Å². The van der Waals surface area contributed by atoms with Gasteiger partial charge in [-0.05, 0) is 18.9 Å². The van der Waals surface area contributed by atoms with Crippen LogP contribution in [-0.4, -0.2) is 12.5 Å². The molecule has 0 saturated carbocycles. The Morgan fingerprint density at radius 1 is 1.45 bits per heavy atom. The summed E-state index contributed by atoms with van der Waals surface area (Å²) in [7, 11) is 0. The molecule has 0 fully saturated rings. The number of furan rings is 1. The van der Waals surface area contributed by atoms with Crippen LogP contribution in [0.2, 0.25) is 0 Å². The van der Waals surface area contributed by atoms with Crippen LogP contribution in [0.5, 0.6) is 0 Å². The number of amides is 1. The van der Waals surface area contributed by atoms with E-state index in [0.717, 1.165) is 23.8 Å². The van der Waals surface area contributed by atoms with Crippen molar-refractivity contribution in [1.29, 1.82) is 0 Å². The molecular weight excluding hydrogens is 256 g/mol. The van der Waals surface area contributed by atoms with Gasteiger partial charge in [-0.1, -0.05) is 24.3 Å². The molecule has 1 aromatic carbocycles. The molecule has 1 amide bonds. The SMILES string of the molecule is C=CCCCOCc1c(C(=O)NN)oc2ccccc12. The number of rotatable bonds is 7. The van der Waals surface area contributed by atoms with Gasteiger partial charge < -0.3 is 9.15 Å². The van der Waals surface area contributed by atoms with Gasteiger partial charge in [0.1, 0.15) is 5.58 Å². The van der Waals surface area contributed by atoms with E-state index in [9.17, 15) is 4.79 Å². The second kappa shape index (κ2) is 6.88. The Morgan fingerprint density at radius 2 is 2.25 bits per heavy atom. The van der Waals surface area contributed by atoms with E-state index in [0.29, 0.717) is 18.8 Å². The Balaban J connectivity index is 2.19. The highest BCUT2D eigenvalue weighted by molar-refractivity contribution is 5.98. The van der Waals surface area contributed by atoms with Crippen LogP contribution >= 0.6 is 0 Å². The van der Waals surface area contributed by atoms with E-state index in [4.69, 9.17) is 15.0 Å². The van der Waals surface area contributed by atoms with Crippen molar-refractivity contribution < 1.29 is 13.9 Å². The van der Waals surface area contributed by atoms with Gasteiger partial charge in [-0.25, -0.2) is 5.84 Å². The number of hydrogen-bond donors (Lipinski definition) is 2. The van der Waals surface area contributed by atoms with E-state index < -0.39 is 5.91 Å². The summed E-state index contributed by atoms with van der Waals surface area (Å²) in [6.45, 7) is 4.58. The quantitative estimate of drug-likeness (QED) is 0.267. The van der Waals surface area contributed by atoms with E-state index in [1.165, 1.54) is 0 Å². The lowest BCUT2D eigenvalue weighted by molar-refractivity contribution is 0.0910. The number of para-hydroxylation sites is 1. The first-order valence-corrected chi connectivity index (χ1v) is 6.48. The molecule has 0 radical (unpaired) electrons. The minimum atomic E-state index is -0.453. The lowest BCUT2D eigenvalue weighted by atomic mass is 10.1. The summed E-state index contributed by atoms with van der Waals surface area (Å²) in [5, 5.41) is 0.870. The Morgan fingerprint density at radius 3 is 3.00 bits per heavy atom. The normalized spacial score (nSPS) is 10.7. The standard InChI is InChI=1S/C15H18N2O3/c1-2-3-6-9-19-10-12-11-7-4-5-8-13(11)20-14(12)15(18)17-16/h2,4-5,7-8H,1,3,6,9-10,16H2,(H,17,18). The molecular formula is C15H18N2O3. The fourth-order valence-corrected chi connectivity index (χ4v) is 2.00. The van der Waals surface area contributed by atoms with E-state index in [-0.39, 0.29) is 5.76 Å². The number of nitrogens with one attached hydrogen (secondary N) is 1. The third-order valence-electron chi connectivity index (χ3n) is 2.98. The number of nitrogens with two attached hydrogens (primary N) is 1. The molecule has 20 heavy (non-hydrogen) atoms. The lowest BCUT2D eigenvalue weighted by Gasteiger charge is -2.04. The number of hydrazine groups is 1. The Hall–Kier alpha value is -2.11. The van der Waals surface area contributed by atoms with Crippen LogP contribution in [-0.2, 0) is 11.3 Å². The summed E-state index contributed by atoms with van der Waals surface area (Å²) in [6, 6.07) is 7.45. The predicted octanol–water partition coefficient (Wildman–Crippen LogP) is 2.52. The van der Waals surface area contributed by atoms with Crippen molar-refractivity contribution in [2.75, 3.05) is 6.61 Å². The number of benzene rings is 1. The molecule has 0 aliphatic rings. The van der Waals surface area contributed by atoms with Crippen LogP contribution in [0.25, 0.3) is 11.0 Å². The fraction of sp³-hybridized carbons (Fsp3) is 0.267. The van der Waals surface area contributed by atoms with Crippen LogP contribution < -0.4 is 11.3 Å². The molecule has 0 spiro atoms. The van der Waals surface area contributed by atoms with Crippen LogP contribution in [0.15, 0.2) is 41.3 Å². The first-order chi connectivity index (χ1) is 9.77. The van der Waals surface area contributed by atoms with Crippen LogP contribution in [0.1, 0.15) is 29.0 Å². The lowest BCUT2D eigenvalue weighted by Crippen LogP contribution is -2.30. The highest BCUT2D eigenvalue weighted by Crippen LogP contribution is 2.26. The molecule has 5 nitrogen and oxygen atoms in total. The maximum atomic E-state index is 11.7. The van der Waals surface area contributed by atoms with Crippen molar-refractivity contribution in [3.05, 3.63) is 48.2 Å². The minimum Gasteiger partial charge on any atom is -0.450 e. The van der Waals surface area contributed by atoms with E-state index in [1.54, 1.807) is 0 Å². The molecule has 0 aliphatic heterocycles. The van der Waals surface area contributed by atoms with Crippen molar-refractivity contribution in [3.63, 3.8) is 0 Å². The molecule has 0 saturated heterocycles. The number of ether oxygens (including phenoxy) is 1. The maximum absolute atomic E-state index is 11.7. The second-order valence-corrected chi connectivity index (χ2v) is 4.36. The molecule has 5 heteroatoms. The number of hydrogen-bond acceptors (Lipinski definition) is 4. The summed E-state index contributed by atoms with van der Waals surface area (Å²) in [4.78, 5) is 11.7. The molecule has 0 aliphatic carbocycles. The van der Waals surface area contributed by atoms with Crippen molar-refractivity contribution in [2.45, 2.75) is 19.4 Å². The Kier molecular flexibility index (Phi) is 4.92. The number of carbonyl (C=O) groups is 1. The summed E-state index contributed by atoms with van der Waals surface area (Å²) in [5.41, 5.74) is 3.46. The predicted molar refractivity (Wildman–Crippen MR) is 77.0 cm³/mol. The topological polar surface area (TPSA) is 77.5 Å². The smallest absolute Gasteiger partial charge is 0.301 e. The number of fused-ring (bicyclic) bond motifs is 1. The van der Waals surface area contributed by atoms with Crippen molar-refractivity contribution in [3.8, 4) is 0 Å². The molecule has 2 aromatic rings. The highest BCUT2D eigenvalue weighted by Gasteiger charge is 2.19. The molecule has 1 heterocycles. The molecule has 0 unspecified atom stereocenters. The number of nitrogen functional groups attached to an aromatic ring is 1. The van der Waals surface area contributed by atoms with Gasteiger partial charge in [0.15, 0.2) is 5.76 Å². The zero-order valence-corrected chi connectivity index (χ0v) is 11.2. The monoisotopic (exact) mass is 274 g/mol. The fourth-order valence-electron chi connectivity index (χ4n) is 2.00. The minimum absolute atomic E-state index is 0.206. The summed E-state index contributed by atoms with van der Waals surface area (Å²) in [6.07, 6.45) is 3.66. The average Bonchev–Trinajstić information content (AvgIpc) is 2.85. The Bertz CT molecular complexity index is 604. The third-order valence-corrected chi connectivity index (χ3v) is 2.98. The van der Waals surface area contributed by atoms with Crippen molar-refractivity contribution >= 4 is 16.9 Å². The molecule has 1 aromatic heterocycles. The maximum Gasteiger partial charge on any atom is 0.301 e. The molecule has 106 valence electrons. The second-order valence-electron chi connectivity index (χ2n) is 4.36. The van der Waals surface area contributed by atoms with Gasteiger partial charge in [-0.3, -0.25) is 10.2 Å². The van der Waals surface area contributed by atoms with Gasteiger partial charge in [0.05, 0.1) is 6.61 Å². The first kappa shape index (κ1) is 14.3. The Labute approximate surface area is 117 Å². The molecule has 2 rings (SSSR count). The number of unbranched alkanes of at least 4 members (excludes halogenated alkanes) is 1. The zero-order chi connectivity index (χ0) is 14.4. The van der Waals surface area contributed by atoms with E-state index in [1.807, 2.05) is 30.3 Å². The zero-order valence-electron chi connectivity index (χ0n) is 11.2. The van der Waals surface area contributed by atoms with Gasteiger partial charge >= 0.3 is 5.91 Å². The number of allylic oxidation sites excluding steroid dienone is 1. The summed E-state index contributed by atoms with van der Waals surface area (Å²) >= 11 is 0. The first-order valence-electron chi connectivity index (χ1n) is 6.48. The van der Waals surface area contributed by atoms with Crippen molar-refractivity contribution in [1.82, 2.24) is 5.43 Å². The van der Waals surface area contributed by atoms with Gasteiger partial charge in [0.2, 0.25) is 0 Å². The van der Waals surface area contributed by atoms with Gasteiger partial charge in [-0.15, -0.1) is 6.58 Å². The van der Waals surface area contributed by atoms with Crippen molar-refractivity contribution in [2.24, 2.45) is 5.84 Å². The summed E-state index contributed by atoms with van der Waals surface area (Å²) < 4.78 is 11.1. The van der Waals surface area contributed by atoms with Crippen LogP contribution in [0.3, 0.4) is 0 Å². The van der Waals surface area contributed by atoms with Crippen LogP contribution in [0, 0.1) is 0 Å². The highest BCUT2D eigenvalue weighted by atomic mass is 16.5.